The molecule has 1 aromatic carbocycles. The lowest BCUT2D eigenvalue weighted by Crippen LogP contribution is -2.93. The molecule has 0 aromatic heterocycles. The molecule has 0 heterocycles. The summed E-state index contributed by atoms with van der Waals surface area (Å²) in [4.78, 5) is 22.4. The minimum absolute atomic E-state index is 0.276. The fourth-order valence-electron chi connectivity index (χ4n) is 2.66. The van der Waals surface area contributed by atoms with Crippen molar-refractivity contribution in [2.24, 2.45) is 5.73 Å². The van der Waals surface area contributed by atoms with Gasteiger partial charge in [-0.25, -0.2) is 4.79 Å². The van der Waals surface area contributed by atoms with E-state index in [4.69, 9.17) is 5.73 Å². The van der Waals surface area contributed by atoms with Crippen molar-refractivity contribution < 1.29 is 14.9 Å². The van der Waals surface area contributed by atoms with E-state index in [-0.39, 0.29) is 18.0 Å². The molecule has 1 aliphatic rings. The van der Waals surface area contributed by atoms with Gasteiger partial charge in [-0.15, -0.1) is 0 Å². The minimum atomic E-state index is -0.797. The van der Waals surface area contributed by atoms with Crippen LogP contribution in [0, 0.1) is 0 Å². The first-order chi connectivity index (χ1) is 9.08. The van der Waals surface area contributed by atoms with E-state index in [1.54, 1.807) is 6.92 Å². The highest BCUT2D eigenvalue weighted by Gasteiger charge is 2.27. The molecule has 2 atom stereocenters. The van der Waals surface area contributed by atoms with Crippen LogP contribution < -0.4 is 16.4 Å². The number of rotatable bonds is 3. The topological polar surface area (TPSA) is 88.8 Å². The molecule has 1 aromatic rings. The number of hydrogen-bond donors (Lipinski definition) is 3. The summed E-state index contributed by atoms with van der Waals surface area (Å²) in [5.74, 6) is -0.337. The van der Waals surface area contributed by atoms with Gasteiger partial charge in [-0.05, 0) is 25.3 Å². The number of fused-ring (bicyclic) bond motifs is 1. The van der Waals surface area contributed by atoms with Crippen LogP contribution in [0.15, 0.2) is 24.3 Å². The maximum absolute atomic E-state index is 11.7. The van der Waals surface area contributed by atoms with Crippen molar-refractivity contribution in [1.82, 2.24) is 5.32 Å². The number of urea groups is 1. The van der Waals surface area contributed by atoms with E-state index < -0.39 is 6.03 Å². The number of benzene rings is 1. The van der Waals surface area contributed by atoms with Gasteiger partial charge >= 0.3 is 6.03 Å². The van der Waals surface area contributed by atoms with Crippen LogP contribution in [0.25, 0.3) is 0 Å². The molecule has 5 heteroatoms. The summed E-state index contributed by atoms with van der Waals surface area (Å²) in [5, 5.41) is 4.13. The zero-order valence-corrected chi connectivity index (χ0v) is 11.1. The third-order valence-corrected chi connectivity index (χ3v) is 3.60. The van der Waals surface area contributed by atoms with Crippen LogP contribution in [0.5, 0.6) is 0 Å². The first kappa shape index (κ1) is 13.5. The molecule has 0 aliphatic heterocycles. The van der Waals surface area contributed by atoms with Crippen molar-refractivity contribution in [1.29, 1.82) is 0 Å². The monoisotopic (exact) mass is 262 g/mol. The third-order valence-electron chi connectivity index (χ3n) is 3.60. The second-order valence-corrected chi connectivity index (χ2v) is 5.03. The van der Waals surface area contributed by atoms with Gasteiger partial charge in [0.1, 0.15) is 6.04 Å². The van der Waals surface area contributed by atoms with E-state index in [9.17, 15) is 9.59 Å². The number of aryl methyl sites for hydroxylation is 1. The van der Waals surface area contributed by atoms with E-state index in [1.807, 2.05) is 17.4 Å². The first-order valence-corrected chi connectivity index (χ1v) is 6.61. The summed E-state index contributed by atoms with van der Waals surface area (Å²) in [6.45, 7) is 1.79. The van der Waals surface area contributed by atoms with E-state index >= 15 is 0 Å². The lowest BCUT2D eigenvalue weighted by Gasteiger charge is -2.25. The zero-order valence-electron chi connectivity index (χ0n) is 11.1. The highest BCUT2D eigenvalue weighted by molar-refractivity contribution is 5.95. The number of quaternary nitrogens is 1. The van der Waals surface area contributed by atoms with Gasteiger partial charge in [-0.2, -0.15) is 0 Å². The summed E-state index contributed by atoms with van der Waals surface area (Å²) in [7, 11) is 0. The Morgan fingerprint density at radius 1 is 1.42 bits per heavy atom. The highest BCUT2D eigenvalue weighted by atomic mass is 16.2. The molecule has 5 nitrogen and oxygen atoms in total. The second-order valence-electron chi connectivity index (χ2n) is 5.03. The van der Waals surface area contributed by atoms with Gasteiger partial charge in [0.25, 0.3) is 5.91 Å². The molecule has 3 amide bonds. The Hall–Kier alpha value is -1.88. The molecule has 0 saturated heterocycles. The van der Waals surface area contributed by atoms with E-state index in [0.717, 1.165) is 19.3 Å². The highest BCUT2D eigenvalue weighted by Crippen LogP contribution is 2.26. The maximum atomic E-state index is 11.7. The smallest absolute Gasteiger partial charge is 0.319 e. The van der Waals surface area contributed by atoms with Crippen LogP contribution in [-0.2, 0) is 11.2 Å². The standard InChI is InChI=1S/C14H19N3O2/c1-9(13(18)17-14(15)19)16-12-8-4-6-10-5-2-3-7-11(10)12/h2-3,5,7,9,12,16H,4,6,8H2,1H3,(H3,15,17,18,19)/p+1/t9-,12+/m0/s1. The van der Waals surface area contributed by atoms with Gasteiger partial charge in [0.2, 0.25) is 0 Å². The van der Waals surface area contributed by atoms with Crippen LogP contribution in [0.2, 0.25) is 0 Å². The number of nitrogens with one attached hydrogen (secondary N) is 1. The van der Waals surface area contributed by atoms with Crippen LogP contribution in [0.3, 0.4) is 0 Å². The lowest BCUT2D eigenvalue weighted by atomic mass is 9.87. The Balaban J connectivity index is 2.04. The molecule has 1 aliphatic carbocycles. The van der Waals surface area contributed by atoms with Crippen molar-refractivity contribution in [3.05, 3.63) is 35.4 Å². The molecule has 0 spiro atoms. The Labute approximate surface area is 112 Å². The predicted octanol–water partition coefficient (Wildman–Crippen LogP) is 0.211. The Bertz CT molecular complexity index is 487. The molecule has 0 saturated carbocycles. The first-order valence-electron chi connectivity index (χ1n) is 6.61. The second kappa shape index (κ2) is 5.84. The van der Waals surface area contributed by atoms with Crippen molar-refractivity contribution in [3.63, 3.8) is 0 Å². The largest absolute Gasteiger partial charge is 0.351 e. The van der Waals surface area contributed by atoms with Gasteiger partial charge in [-0.1, -0.05) is 24.3 Å². The molecular formula is C14H20N3O2+. The van der Waals surface area contributed by atoms with Gasteiger partial charge in [-0.3, -0.25) is 10.1 Å². The fourth-order valence-corrected chi connectivity index (χ4v) is 2.66. The van der Waals surface area contributed by atoms with Crippen LogP contribution in [-0.4, -0.2) is 18.0 Å². The van der Waals surface area contributed by atoms with Gasteiger partial charge in [0.05, 0.1) is 0 Å². The molecule has 0 bridgehead atoms. The van der Waals surface area contributed by atoms with Gasteiger partial charge in [0, 0.05) is 12.0 Å². The summed E-state index contributed by atoms with van der Waals surface area (Å²) in [6, 6.07) is 7.48. The molecular weight excluding hydrogens is 242 g/mol. The van der Waals surface area contributed by atoms with E-state index in [0.29, 0.717) is 0 Å². The van der Waals surface area contributed by atoms with Gasteiger partial charge < -0.3 is 11.1 Å². The number of amides is 3. The van der Waals surface area contributed by atoms with E-state index in [2.05, 4.69) is 17.4 Å². The molecule has 102 valence electrons. The summed E-state index contributed by atoms with van der Waals surface area (Å²) in [5.41, 5.74) is 7.61. The minimum Gasteiger partial charge on any atom is -0.351 e. The lowest BCUT2D eigenvalue weighted by molar-refractivity contribution is -0.714. The summed E-state index contributed by atoms with van der Waals surface area (Å²) < 4.78 is 0. The zero-order chi connectivity index (χ0) is 13.8. The Morgan fingerprint density at radius 2 is 2.16 bits per heavy atom. The predicted molar refractivity (Wildman–Crippen MR) is 71.2 cm³/mol. The van der Waals surface area contributed by atoms with Crippen molar-refractivity contribution in [3.8, 4) is 0 Å². The molecule has 0 fully saturated rings. The van der Waals surface area contributed by atoms with Gasteiger partial charge in [0.15, 0.2) is 6.04 Å². The third kappa shape index (κ3) is 3.32. The molecule has 19 heavy (non-hydrogen) atoms. The number of nitrogens with two attached hydrogens (primary N) is 2. The number of hydrogen-bond acceptors (Lipinski definition) is 2. The number of primary amides is 1. The quantitative estimate of drug-likeness (QED) is 0.727. The average Bonchev–Trinajstić information content (AvgIpc) is 2.38. The summed E-state index contributed by atoms with van der Waals surface area (Å²) >= 11 is 0. The molecule has 0 unspecified atom stereocenters. The molecule has 2 rings (SSSR count). The van der Waals surface area contributed by atoms with Crippen molar-refractivity contribution in [2.75, 3.05) is 0 Å². The Morgan fingerprint density at radius 3 is 2.89 bits per heavy atom. The molecule has 5 N–H and O–H groups in total. The van der Waals surface area contributed by atoms with Crippen molar-refractivity contribution >= 4 is 11.9 Å². The number of carbonyl (C=O) groups is 2. The molecule has 0 radical (unpaired) electrons. The number of imide groups is 1. The van der Waals surface area contributed by atoms with E-state index in [1.165, 1.54) is 11.1 Å². The number of carbonyl (C=O) groups excluding carboxylic acids is 2. The maximum Gasteiger partial charge on any atom is 0.319 e. The van der Waals surface area contributed by atoms with Crippen LogP contribution in [0.1, 0.15) is 36.9 Å². The average molecular weight is 262 g/mol. The normalized spacial score (nSPS) is 19.3. The fraction of sp³-hybridized carbons (Fsp3) is 0.429. The SMILES string of the molecule is C[C@H]([NH2+][C@@H]1CCCc2ccccc21)C(=O)NC(N)=O. The van der Waals surface area contributed by atoms with Crippen LogP contribution >= 0.6 is 0 Å². The van der Waals surface area contributed by atoms with Crippen LogP contribution in [0.4, 0.5) is 4.79 Å². The summed E-state index contributed by atoms with van der Waals surface area (Å²) in [6.07, 6.45) is 3.27. The Kier molecular flexibility index (Phi) is 4.16. The van der Waals surface area contributed by atoms with Crippen molar-refractivity contribution in [2.45, 2.75) is 38.3 Å².